The predicted octanol–water partition coefficient (Wildman–Crippen LogP) is 4.02. The molecular weight excluding hydrogens is 279 g/mol. The van der Waals surface area contributed by atoms with Gasteiger partial charge in [0.2, 0.25) is 0 Å². The average Bonchev–Trinajstić information content (AvgIpc) is 2.64. The molecule has 1 aromatic rings. The molecule has 0 saturated carbocycles. The SMILES string of the molecule is CNC1CC2CCC(C1)N2c1cc(Cl)c(C)cc1Cl. The number of hydrogen-bond donors (Lipinski definition) is 1. The molecule has 2 saturated heterocycles. The summed E-state index contributed by atoms with van der Waals surface area (Å²) in [6.07, 6.45) is 4.94. The molecule has 19 heavy (non-hydrogen) atoms. The highest BCUT2D eigenvalue weighted by Crippen LogP contribution is 2.43. The predicted molar refractivity (Wildman–Crippen MR) is 82.6 cm³/mol. The molecule has 2 aliphatic rings. The van der Waals surface area contributed by atoms with Gasteiger partial charge in [0, 0.05) is 23.1 Å². The highest BCUT2D eigenvalue weighted by molar-refractivity contribution is 6.35. The van der Waals surface area contributed by atoms with Gasteiger partial charge in [-0.25, -0.2) is 0 Å². The Bertz CT molecular complexity index is 475. The van der Waals surface area contributed by atoms with Gasteiger partial charge in [0.25, 0.3) is 0 Å². The minimum Gasteiger partial charge on any atom is -0.364 e. The molecule has 1 aromatic carbocycles. The van der Waals surface area contributed by atoms with Crippen molar-refractivity contribution >= 4 is 28.9 Å². The van der Waals surface area contributed by atoms with Crippen LogP contribution in [0.1, 0.15) is 31.2 Å². The van der Waals surface area contributed by atoms with Crippen LogP contribution in [0.15, 0.2) is 12.1 Å². The van der Waals surface area contributed by atoms with Crippen LogP contribution < -0.4 is 10.2 Å². The van der Waals surface area contributed by atoms with E-state index in [9.17, 15) is 0 Å². The van der Waals surface area contributed by atoms with Crippen molar-refractivity contribution in [1.29, 1.82) is 0 Å². The van der Waals surface area contributed by atoms with Crippen molar-refractivity contribution < 1.29 is 0 Å². The maximum absolute atomic E-state index is 6.45. The van der Waals surface area contributed by atoms with Gasteiger partial charge in [-0.2, -0.15) is 0 Å². The van der Waals surface area contributed by atoms with Gasteiger partial charge in [-0.1, -0.05) is 23.2 Å². The molecule has 0 spiro atoms. The van der Waals surface area contributed by atoms with E-state index in [4.69, 9.17) is 23.2 Å². The smallest absolute Gasteiger partial charge is 0.0643 e. The number of hydrogen-bond acceptors (Lipinski definition) is 2. The quantitative estimate of drug-likeness (QED) is 0.887. The summed E-state index contributed by atoms with van der Waals surface area (Å²) >= 11 is 12.7. The van der Waals surface area contributed by atoms with Gasteiger partial charge in [-0.05, 0) is 57.4 Å². The molecular formula is C15H20Cl2N2. The topological polar surface area (TPSA) is 15.3 Å². The van der Waals surface area contributed by atoms with Crippen LogP contribution in [0.3, 0.4) is 0 Å². The molecule has 2 unspecified atom stereocenters. The fraction of sp³-hybridized carbons (Fsp3) is 0.600. The summed E-state index contributed by atoms with van der Waals surface area (Å²) in [7, 11) is 2.06. The van der Waals surface area contributed by atoms with Gasteiger partial charge in [0.05, 0.1) is 10.7 Å². The van der Waals surface area contributed by atoms with Crippen molar-refractivity contribution in [3.8, 4) is 0 Å². The van der Waals surface area contributed by atoms with Gasteiger partial charge in [0.1, 0.15) is 0 Å². The van der Waals surface area contributed by atoms with Gasteiger partial charge in [0.15, 0.2) is 0 Å². The molecule has 0 amide bonds. The standard InChI is InChI=1S/C15H20Cl2N2/c1-9-5-14(17)15(8-13(9)16)19-11-3-4-12(19)7-10(6-11)18-2/h5,8,10-12,18H,3-4,6-7H2,1-2H3. The van der Waals surface area contributed by atoms with E-state index in [1.165, 1.54) is 25.7 Å². The Morgan fingerprint density at radius 3 is 2.32 bits per heavy atom. The number of rotatable bonds is 2. The Balaban J connectivity index is 1.93. The van der Waals surface area contributed by atoms with E-state index < -0.39 is 0 Å². The van der Waals surface area contributed by atoms with E-state index in [0.29, 0.717) is 18.1 Å². The molecule has 2 aliphatic heterocycles. The lowest BCUT2D eigenvalue weighted by atomic mass is 9.96. The second-order valence-corrected chi connectivity index (χ2v) is 6.62. The monoisotopic (exact) mass is 298 g/mol. The van der Waals surface area contributed by atoms with Crippen LogP contribution in [0.2, 0.25) is 10.0 Å². The maximum Gasteiger partial charge on any atom is 0.0643 e. The average molecular weight is 299 g/mol. The first kappa shape index (κ1) is 13.5. The van der Waals surface area contributed by atoms with Crippen molar-refractivity contribution in [2.75, 3.05) is 11.9 Å². The Morgan fingerprint density at radius 1 is 1.11 bits per heavy atom. The third-order valence-electron chi connectivity index (χ3n) is 4.65. The number of piperidine rings is 1. The molecule has 2 fully saturated rings. The van der Waals surface area contributed by atoms with E-state index in [0.717, 1.165) is 21.3 Å². The summed E-state index contributed by atoms with van der Waals surface area (Å²) in [6, 6.07) is 5.89. The lowest BCUT2D eigenvalue weighted by Crippen LogP contribution is -2.48. The van der Waals surface area contributed by atoms with E-state index in [2.05, 4.69) is 17.3 Å². The molecule has 1 N–H and O–H groups in total. The number of fused-ring (bicyclic) bond motifs is 2. The first-order valence-corrected chi connectivity index (χ1v) is 7.77. The number of benzene rings is 1. The number of nitrogens with zero attached hydrogens (tertiary/aromatic N) is 1. The minimum absolute atomic E-state index is 0.604. The molecule has 0 aromatic heterocycles. The van der Waals surface area contributed by atoms with Crippen LogP contribution in [0.25, 0.3) is 0 Å². The Kier molecular flexibility index (Phi) is 3.67. The van der Waals surface area contributed by atoms with Gasteiger partial charge in [-0.15, -0.1) is 0 Å². The summed E-state index contributed by atoms with van der Waals surface area (Å²) < 4.78 is 0. The van der Waals surface area contributed by atoms with Gasteiger partial charge in [-0.3, -0.25) is 0 Å². The molecule has 2 heterocycles. The van der Waals surface area contributed by atoms with Gasteiger partial charge >= 0.3 is 0 Å². The number of halogens is 2. The Labute approximate surface area is 125 Å². The van der Waals surface area contributed by atoms with Crippen molar-refractivity contribution in [2.24, 2.45) is 0 Å². The molecule has 104 valence electrons. The molecule has 4 heteroatoms. The zero-order chi connectivity index (χ0) is 13.6. The van der Waals surface area contributed by atoms with Gasteiger partial charge < -0.3 is 10.2 Å². The minimum atomic E-state index is 0.604. The van der Waals surface area contributed by atoms with Crippen LogP contribution in [-0.4, -0.2) is 25.2 Å². The van der Waals surface area contributed by atoms with Crippen molar-refractivity contribution in [3.05, 3.63) is 27.7 Å². The Hall–Kier alpha value is -0.440. The normalized spacial score (nSPS) is 29.9. The first-order chi connectivity index (χ1) is 9.10. The Morgan fingerprint density at radius 2 is 1.74 bits per heavy atom. The third kappa shape index (κ3) is 2.35. The largest absolute Gasteiger partial charge is 0.364 e. The maximum atomic E-state index is 6.45. The second-order valence-electron chi connectivity index (χ2n) is 5.80. The summed E-state index contributed by atoms with van der Waals surface area (Å²) in [5, 5.41) is 5.08. The van der Waals surface area contributed by atoms with E-state index in [1.807, 2.05) is 19.1 Å². The van der Waals surface area contributed by atoms with E-state index in [1.54, 1.807) is 0 Å². The second kappa shape index (κ2) is 5.16. The molecule has 3 rings (SSSR count). The number of aryl methyl sites for hydroxylation is 1. The summed E-state index contributed by atoms with van der Waals surface area (Å²) in [5.74, 6) is 0. The van der Waals surface area contributed by atoms with Crippen LogP contribution in [0.4, 0.5) is 5.69 Å². The van der Waals surface area contributed by atoms with E-state index >= 15 is 0 Å². The molecule has 2 bridgehead atoms. The van der Waals surface area contributed by atoms with Crippen molar-refractivity contribution in [1.82, 2.24) is 5.32 Å². The fourth-order valence-corrected chi connectivity index (χ4v) is 4.11. The zero-order valence-electron chi connectivity index (χ0n) is 11.4. The highest BCUT2D eigenvalue weighted by atomic mass is 35.5. The zero-order valence-corrected chi connectivity index (χ0v) is 12.9. The third-order valence-corrected chi connectivity index (χ3v) is 5.36. The summed E-state index contributed by atoms with van der Waals surface area (Å²) in [6.45, 7) is 2.00. The van der Waals surface area contributed by atoms with Crippen LogP contribution >= 0.6 is 23.2 Å². The van der Waals surface area contributed by atoms with E-state index in [-0.39, 0.29) is 0 Å². The number of anilines is 1. The lowest BCUT2D eigenvalue weighted by molar-refractivity contribution is 0.374. The molecule has 2 atom stereocenters. The van der Waals surface area contributed by atoms with Crippen LogP contribution in [-0.2, 0) is 0 Å². The van der Waals surface area contributed by atoms with Crippen LogP contribution in [0, 0.1) is 6.92 Å². The van der Waals surface area contributed by atoms with Crippen molar-refractivity contribution in [2.45, 2.75) is 50.7 Å². The highest BCUT2D eigenvalue weighted by Gasteiger charge is 2.41. The molecule has 0 aliphatic carbocycles. The number of nitrogens with one attached hydrogen (secondary N) is 1. The van der Waals surface area contributed by atoms with Crippen LogP contribution in [0.5, 0.6) is 0 Å². The summed E-state index contributed by atoms with van der Waals surface area (Å²) in [5.41, 5.74) is 2.17. The molecule has 0 radical (unpaired) electrons. The summed E-state index contributed by atoms with van der Waals surface area (Å²) in [4.78, 5) is 2.52. The lowest BCUT2D eigenvalue weighted by Gasteiger charge is -2.41. The first-order valence-electron chi connectivity index (χ1n) is 7.01. The van der Waals surface area contributed by atoms with Crippen molar-refractivity contribution in [3.63, 3.8) is 0 Å². The fourth-order valence-electron chi connectivity index (χ4n) is 3.64. The molecule has 2 nitrogen and oxygen atoms in total.